The van der Waals surface area contributed by atoms with Crippen molar-refractivity contribution in [2.24, 2.45) is 0 Å². The fourth-order valence-electron chi connectivity index (χ4n) is 1.18. The summed E-state index contributed by atoms with van der Waals surface area (Å²) in [5.74, 6) is 5.10. The van der Waals surface area contributed by atoms with Crippen molar-refractivity contribution in [3.8, 4) is 0 Å². The molecule has 80 valence electrons. The van der Waals surface area contributed by atoms with E-state index in [4.69, 9.17) is 0 Å². The summed E-state index contributed by atoms with van der Waals surface area (Å²) >= 11 is -1.40. The van der Waals surface area contributed by atoms with Gasteiger partial charge in [-0.3, -0.25) is 0 Å². The average molecular weight is 247 g/mol. The molecule has 0 saturated heterocycles. The number of hydrogen-bond acceptors (Lipinski definition) is 2. The van der Waals surface area contributed by atoms with Crippen LogP contribution in [0.4, 0.5) is 0 Å². The van der Waals surface area contributed by atoms with Crippen molar-refractivity contribution < 1.29 is 0 Å². The predicted octanol–water partition coefficient (Wildman–Crippen LogP) is 1.82. The van der Waals surface area contributed by atoms with Crippen LogP contribution in [0.2, 0.25) is 22.0 Å². The second kappa shape index (κ2) is 6.04. The summed E-state index contributed by atoms with van der Waals surface area (Å²) < 4.78 is 0. The van der Waals surface area contributed by atoms with Crippen LogP contribution in [-0.4, -0.2) is 64.3 Å². The zero-order valence-corrected chi connectivity index (χ0v) is 12.3. The topological polar surface area (TPSA) is 6.48 Å². The van der Waals surface area contributed by atoms with Crippen LogP contribution >= 0.6 is 0 Å². The van der Waals surface area contributed by atoms with Gasteiger partial charge in [0, 0.05) is 0 Å². The summed E-state index contributed by atoms with van der Waals surface area (Å²) in [5, 5.41) is 2.95. The summed E-state index contributed by atoms with van der Waals surface area (Å²) in [6, 6.07) is 0. The van der Waals surface area contributed by atoms with E-state index in [9.17, 15) is 0 Å². The summed E-state index contributed by atoms with van der Waals surface area (Å²) in [6.07, 6.45) is 0. The van der Waals surface area contributed by atoms with E-state index in [1.807, 2.05) is 0 Å². The van der Waals surface area contributed by atoms with Gasteiger partial charge in [0.15, 0.2) is 0 Å². The Bertz CT molecular complexity index is 119. The van der Waals surface area contributed by atoms with Gasteiger partial charge in [0.1, 0.15) is 0 Å². The molecule has 2 nitrogen and oxygen atoms in total. The van der Waals surface area contributed by atoms with Crippen molar-refractivity contribution in [1.29, 1.82) is 0 Å². The standard InChI is InChI=1S/C10H26GeN2/c1-11(2,7-9-12(3)4)8-10-13(5)6/h7-10H2,1-6H3. The van der Waals surface area contributed by atoms with E-state index in [0.717, 1.165) is 0 Å². The van der Waals surface area contributed by atoms with Crippen LogP contribution in [0.5, 0.6) is 0 Å². The molecule has 3 heteroatoms. The first-order valence-electron chi connectivity index (χ1n) is 5.13. The predicted molar refractivity (Wildman–Crippen MR) is 64.2 cm³/mol. The molecule has 0 spiro atoms. The van der Waals surface area contributed by atoms with Crippen LogP contribution in [0.1, 0.15) is 0 Å². The van der Waals surface area contributed by atoms with Gasteiger partial charge in [-0.2, -0.15) is 0 Å². The van der Waals surface area contributed by atoms with Gasteiger partial charge in [-0.1, -0.05) is 0 Å². The van der Waals surface area contributed by atoms with E-state index < -0.39 is 13.3 Å². The number of hydrogen-bond donors (Lipinski definition) is 0. The third-order valence-corrected chi connectivity index (χ3v) is 9.09. The van der Waals surface area contributed by atoms with Gasteiger partial charge in [0.05, 0.1) is 0 Å². The van der Waals surface area contributed by atoms with Crippen molar-refractivity contribution in [2.75, 3.05) is 41.3 Å². The summed E-state index contributed by atoms with van der Waals surface area (Å²) in [7, 11) is 8.68. The van der Waals surface area contributed by atoms with Crippen LogP contribution in [0.15, 0.2) is 0 Å². The average Bonchev–Trinajstić information content (AvgIpc) is 1.98. The van der Waals surface area contributed by atoms with Crippen LogP contribution in [-0.2, 0) is 0 Å². The monoisotopic (exact) mass is 248 g/mol. The fourth-order valence-corrected chi connectivity index (χ4v) is 6.12. The molecule has 0 bridgehead atoms. The molecule has 0 unspecified atom stereocenters. The van der Waals surface area contributed by atoms with E-state index in [1.54, 1.807) is 0 Å². The first-order valence-corrected chi connectivity index (χ1v) is 12.3. The first kappa shape index (κ1) is 13.5. The van der Waals surface area contributed by atoms with Crippen LogP contribution in [0.3, 0.4) is 0 Å². The van der Waals surface area contributed by atoms with Crippen molar-refractivity contribution in [3.63, 3.8) is 0 Å². The first-order chi connectivity index (χ1) is 5.83. The molecule has 0 saturated carbocycles. The molecule has 0 fully saturated rings. The fraction of sp³-hybridized carbons (Fsp3) is 1.00. The second-order valence-electron chi connectivity index (χ2n) is 5.27. The molecule has 0 aliphatic rings. The van der Waals surface area contributed by atoms with Crippen LogP contribution in [0.25, 0.3) is 0 Å². The third kappa shape index (κ3) is 8.78. The Morgan fingerprint density at radius 1 is 0.769 bits per heavy atom. The molecule has 0 aromatic rings. The van der Waals surface area contributed by atoms with Crippen molar-refractivity contribution in [2.45, 2.75) is 22.0 Å². The number of rotatable bonds is 6. The quantitative estimate of drug-likeness (QED) is 0.660. The Hall–Kier alpha value is 0.463. The van der Waals surface area contributed by atoms with Crippen molar-refractivity contribution in [3.05, 3.63) is 0 Å². The van der Waals surface area contributed by atoms with E-state index in [1.165, 1.54) is 23.6 Å². The molecule has 0 aliphatic carbocycles. The maximum atomic E-state index is 2.55. The molecular weight excluding hydrogens is 221 g/mol. The minimum absolute atomic E-state index is 1.28. The summed E-state index contributed by atoms with van der Waals surface area (Å²) in [5.41, 5.74) is 0. The van der Waals surface area contributed by atoms with E-state index >= 15 is 0 Å². The molecule has 0 amide bonds. The molecular formula is C10H26GeN2. The molecule has 0 heterocycles. The molecule has 0 aromatic heterocycles. The van der Waals surface area contributed by atoms with Crippen LogP contribution in [0, 0.1) is 0 Å². The Kier molecular flexibility index (Phi) is 6.26. The van der Waals surface area contributed by atoms with Gasteiger partial charge < -0.3 is 0 Å². The third-order valence-electron chi connectivity index (χ3n) is 2.47. The van der Waals surface area contributed by atoms with Gasteiger partial charge >= 0.3 is 86.4 Å². The van der Waals surface area contributed by atoms with E-state index in [0.29, 0.717) is 0 Å². The van der Waals surface area contributed by atoms with E-state index in [-0.39, 0.29) is 0 Å². The normalized spacial score (nSPS) is 12.9. The van der Waals surface area contributed by atoms with Crippen molar-refractivity contribution in [1.82, 2.24) is 9.80 Å². The zero-order valence-electron chi connectivity index (χ0n) is 10.2. The van der Waals surface area contributed by atoms with Crippen LogP contribution < -0.4 is 0 Å². The molecule has 13 heavy (non-hydrogen) atoms. The molecule has 0 atom stereocenters. The summed E-state index contributed by atoms with van der Waals surface area (Å²) in [6.45, 7) is 2.56. The minimum atomic E-state index is -1.40. The van der Waals surface area contributed by atoms with Gasteiger partial charge in [-0.15, -0.1) is 0 Å². The SMILES string of the molecule is CN(C)C[CH2][Ge]([CH3])([CH3])[CH2]CN(C)C. The van der Waals surface area contributed by atoms with E-state index in [2.05, 4.69) is 49.5 Å². The maximum absolute atomic E-state index is 2.55. The van der Waals surface area contributed by atoms with Gasteiger partial charge in [-0.05, 0) is 0 Å². The molecule has 0 aromatic carbocycles. The Balaban J connectivity index is 3.66. The molecule has 0 aliphatic heterocycles. The van der Waals surface area contributed by atoms with Gasteiger partial charge in [0.2, 0.25) is 0 Å². The Labute approximate surface area is 86.6 Å². The van der Waals surface area contributed by atoms with Gasteiger partial charge in [0.25, 0.3) is 0 Å². The molecule has 0 rings (SSSR count). The molecule has 0 radical (unpaired) electrons. The van der Waals surface area contributed by atoms with Crippen molar-refractivity contribution >= 4 is 13.3 Å². The summed E-state index contributed by atoms with van der Waals surface area (Å²) in [4.78, 5) is 4.62. The Morgan fingerprint density at radius 3 is 1.31 bits per heavy atom. The Morgan fingerprint density at radius 2 is 1.08 bits per heavy atom. The molecule has 0 N–H and O–H groups in total. The zero-order chi connectivity index (χ0) is 10.5. The second-order valence-corrected chi connectivity index (χ2v) is 16.5. The number of nitrogens with zero attached hydrogens (tertiary/aromatic N) is 2. The van der Waals surface area contributed by atoms with Gasteiger partial charge in [-0.25, -0.2) is 0 Å².